The Labute approximate surface area is 439 Å². The van der Waals surface area contributed by atoms with E-state index in [4.69, 9.17) is 23.7 Å². The van der Waals surface area contributed by atoms with E-state index in [2.05, 4.69) is 36.8 Å². The molecule has 400 valence electrons. The second-order valence-electron chi connectivity index (χ2n) is 22.8. The van der Waals surface area contributed by atoms with Crippen molar-refractivity contribution in [3.8, 4) is 23.8 Å². The van der Waals surface area contributed by atoms with Gasteiger partial charge in [-0.05, 0) is 146 Å². The molecule has 1 saturated heterocycles. The fourth-order valence-corrected chi connectivity index (χ4v) is 15.5. The number of methoxy groups -OCH3 is 1. The first-order valence-electron chi connectivity index (χ1n) is 26.9. The van der Waals surface area contributed by atoms with Crippen molar-refractivity contribution in [3.05, 3.63) is 125 Å². The van der Waals surface area contributed by atoms with Gasteiger partial charge in [-0.25, -0.2) is 4.79 Å². The Morgan fingerprint density at radius 1 is 1.07 bits per heavy atom. The number of aliphatic hydroxyl groups excluding tert-OH is 5. The van der Waals surface area contributed by atoms with Crippen molar-refractivity contribution < 1.29 is 64.2 Å². The molecule has 7 N–H and O–H groups in total. The molecule has 0 radical (unpaired) electrons. The van der Waals surface area contributed by atoms with Crippen LogP contribution in [0.25, 0.3) is 0 Å². The van der Waals surface area contributed by atoms with Crippen LogP contribution in [0.2, 0.25) is 0 Å². The minimum Gasteiger partial charge on any atom is -0.485 e. The Morgan fingerprint density at radius 3 is 2.57 bits per heavy atom. The standard InChI is InChI=1S/C60H72N2O13/c1-3-8-39-16-18-46(27-42(39)26-43(34-71-2)48(33-64)62-22-19-38(31-61)32-62)74-56-60-30-47(49(65)9-7-24-72-50(10-6-23-63)52(75-56)51(66)54(60)67)58-28-41(15-17-44(58)35-73-60)53-57(20-4-5-21-57)45(29-59(53,70)36-58)25-37-11-13-40(14-12-37)55(68)69/h3,11-19,22,27,32,35,41,43,45,47-54,56,63-67,70H,1,4-6,8-10,20-21,23,25-26,28-30,33-34,36H2,2H3,(H,68,69)/t41-,43-,45+,47-,48+,49-,50-,51+,52+,53-,54-,56-,58-,59-,60+/m0/s1. The van der Waals surface area contributed by atoms with Crippen molar-refractivity contribution in [3.63, 3.8) is 0 Å². The van der Waals surface area contributed by atoms with Crippen molar-refractivity contribution >= 4 is 5.97 Å². The summed E-state index contributed by atoms with van der Waals surface area (Å²) in [6, 6.07) is 16.2. The smallest absolute Gasteiger partial charge is 0.335 e. The topological polar surface area (TPSA) is 234 Å². The van der Waals surface area contributed by atoms with E-state index in [9.17, 15) is 45.8 Å². The molecule has 15 atom stereocenters. The number of fused-ring (bicyclic) bond motifs is 10. The number of nitriles is 1. The Morgan fingerprint density at radius 2 is 1.87 bits per heavy atom. The second kappa shape index (κ2) is 21.5. The van der Waals surface area contributed by atoms with Crippen LogP contribution in [0.1, 0.15) is 109 Å². The molecule has 1 aromatic heterocycles. The SMILES string of the molecule is C=CCc1ccc(O[C@H]2O[C@H]3[C@@H](O)[C@H](O)[C@]24C[C@@H]([C@@H](O)CC#CO[C@H]3CCCO)[C@]23C[C@H](C=CC2=CO4)[C@H]2C4(CCCC4)[C@H](Cc4ccc(C(=O)O)cc4)C[C@]2(O)C3)cc1C[C@@H](COC)[C@@H](CO)n1ccc(C#N)c1. The average molecular weight is 1030 g/mol. The third-order valence-corrected chi connectivity index (χ3v) is 18.7. The minimum absolute atomic E-state index is 0.000230. The number of hydrogen-bond acceptors (Lipinski definition) is 13. The van der Waals surface area contributed by atoms with Gasteiger partial charge in [0.25, 0.3) is 0 Å². The summed E-state index contributed by atoms with van der Waals surface area (Å²) >= 11 is 0. The summed E-state index contributed by atoms with van der Waals surface area (Å²) in [6.45, 7) is 3.91. The van der Waals surface area contributed by atoms with Crippen LogP contribution in [0, 0.1) is 63.8 Å². The summed E-state index contributed by atoms with van der Waals surface area (Å²) in [7, 11) is 1.60. The number of benzene rings is 2. The third kappa shape index (κ3) is 9.52. The molecule has 2 aromatic carbocycles. The Bertz CT molecular complexity index is 2730. The van der Waals surface area contributed by atoms with Gasteiger partial charge in [0.05, 0.1) is 48.3 Å². The summed E-state index contributed by atoms with van der Waals surface area (Å²) in [6.07, 6.45) is 13.6. The molecule has 75 heavy (non-hydrogen) atoms. The Kier molecular flexibility index (Phi) is 15.2. The van der Waals surface area contributed by atoms with Gasteiger partial charge in [-0.1, -0.05) is 55.2 Å². The van der Waals surface area contributed by atoms with E-state index in [0.717, 1.165) is 47.9 Å². The first-order valence-corrected chi connectivity index (χ1v) is 26.9. The predicted octanol–water partition coefficient (Wildman–Crippen LogP) is 6.33. The molecular weight excluding hydrogens is 957 g/mol. The van der Waals surface area contributed by atoms with E-state index in [1.165, 1.54) is 0 Å². The highest BCUT2D eigenvalue weighted by molar-refractivity contribution is 5.87. The Balaban J connectivity index is 1.04. The number of hydrogen-bond donors (Lipinski definition) is 7. The maximum atomic E-state index is 13.6. The first-order chi connectivity index (χ1) is 36.2. The van der Waals surface area contributed by atoms with Crippen LogP contribution in [0.5, 0.6) is 5.75 Å². The van der Waals surface area contributed by atoms with Gasteiger partial charge in [-0.3, -0.25) is 0 Å². The van der Waals surface area contributed by atoms with Crippen LogP contribution in [0.4, 0.5) is 0 Å². The maximum Gasteiger partial charge on any atom is 0.335 e. The van der Waals surface area contributed by atoms with Crippen molar-refractivity contribution in [1.82, 2.24) is 4.57 Å². The normalized spacial score (nSPS) is 34.8. The van der Waals surface area contributed by atoms with Gasteiger partial charge < -0.3 is 64.0 Å². The van der Waals surface area contributed by atoms with Gasteiger partial charge in [0.15, 0.2) is 5.60 Å². The number of nitrogens with zero attached hydrogens (tertiary/aromatic N) is 2. The molecule has 3 spiro atoms. The molecule has 5 heterocycles. The molecule has 0 amide bonds. The van der Waals surface area contributed by atoms with E-state index in [-0.39, 0.29) is 80.2 Å². The molecular formula is C60H72N2O13. The molecule has 5 bridgehead atoms. The zero-order valence-electron chi connectivity index (χ0n) is 42.7. The fraction of sp³-hybridized carbons (Fsp3) is 0.567. The lowest BCUT2D eigenvalue weighted by Crippen LogP contribution is -2.71. The van der Waals surface area contributed by atoms with E-state index < -0.39 is 71.4 Å². The lowest BCUT2D eigenvalue weighted by molar-refractivity contribution is -0.334. The number of carboxylic acid groups (broad SMARTS) is 1. The van der Waals surface area contributed by atoms with E-state index in [1.807, 2.05) is 28.8 Å². The van der Waals surface area contributed by atoms with Crippen LogP contribution < -0.4 is 4.74 Å². The number of aromatic carboxylic acids is 1. The number of carbonyl (C=O) groups is 1. The van der Waals surface area contributed by atoms with Crippen molar-refractivity contribution in [2.24, 2.45) is 40.4 Å². The van der Waals surface area contributed by atoms with Crippen molar-refractivity contribution in [1.29, 1.82) is 5.26 Å². The zero-order chi connectivity index (χ0) is 52.7. The van der Waals surface area contributed by atoms with E-state index >= 15 is 0 Å². The van der Waals surface area contributed by atoms with E-state index in [0.29, 0.717) is 49.8 Å². The quantitative estimate of drug-likeness (QED) is 0.0579. The number of carboxylic acids is 1. The summed E-state index contributed by atoms with van der Waals surface area (Å²) in [5.74, 6) is 1.43. The summed E-state index contributed by atoms with van der Waals surface area (Å²) < 4.78 is 34.6. The van der Waals surface area contributed by atoms with Gasteiger partial charge >= 0.3 is 5.97 Å². The first kappa shape index (κ1) is 53.0. The molecule has 4 fully saturated rings. The number of ether oxygens (including phenoxy) is 5. The van der Waals surface area contributed by atoms with Gasteiger partial charge in [-0.2, -0.15) is 5.26 Å². The molecule has 15 nitrogen and oxygen atoms in total. The highest BCUT2D eigenvalue weighted by Crippen LogP contribution is 2.73. The monoisotopic (exact) mass is 1030 g/mol. The number of aromatic nitrogens is 1. The van der Waals surface area contributed by atoms with Crippen LogP contribution in [-0.2, 0) is 38.2 Å². The highest BCUT2D eigenvalue weighted by atomic mass is 16.7. The van der Waals surface area contributed by atoms with Crippen LogP contribution in [-0.4, -0.2) is 121 Å². The molecule has 4 aliphatic heterocycles. The van der Waals surface area contributed by atoms with Crippen LogP contribution in [0.15, 0.2) is 97.6 Å². The summed E-state index contributed by atoms with van der Waals surface area (Å²) in [5, 5.41) is 91.5. The molecule has 3 saturated carbocycles. The molecule has 8 aliphatic rings. The maximum absolute atomic E-state index is 13.6. The number of allylic oxidation sites excluding steroid dienone is 4. The largest absolute Gasteiger partial charge is 0.485 e. The number of aliphatic hydroxyl groups is 6. The van der Waals surface area contributed by atoms with Crippen LogP contribution >= 0.6 is 0 Å². The van der Waals surface area contributed by atoms with Gasteiger partial charge in [-0.15, -0.1) is 6.58 Å². The third-order valence-electron chi connectivity index (χ3n) is 18.7. The lowest BCUT2D eigenvalue weighted by Gasteiger charge is -2.59. The minimum atomic E-state index is -1.85. The zero-order valence-corrected chi connectivity index (χ0v) is 42.7. The Hall–Kier alpha value is -5.46. The van der Waals surface area contributed by atoms with Crippen molar-refractivity contribution in [2.45, 2.75) is 144 Å². The van der Waals surface area contributed by atoms with E-state index in [1.54, 1.807) is 56.1 Å². The second-order valence-corrected chi connectivity index (χ2v) is 22.8. The predicted molar refractivity (Wildman–Crippen MR) is 274 cm³/mol. The molecule has 4 aliphatic carbocycles. The van der Waals surface area contributed by atoms with Gasteiger partial charge in [0.1, 0.15) is 42.3 Å². The molecule has 15 heteroatoms. The van der Waals surface area contributed by atoms with Gasteiger partial charge in [0.2, 0.25) is 6.29 Å². The highest BCUT2D eigenvalue weighted by Gasteiger charge is 2.72. The molecule has 3 aromatic rings. The van der Waals surface area contributed by atoms with Crippen molar-refractivity contribution in [2.75, 3.05) is 26.9 Å². The number of rotatable bonds is 17. The average Bonchev–Trinajstić information content (AvgIpc) is 4.12. The summed E-state index contributed by atoms with van der Waals surface area (Å²) in [4.78, 5) is 11.8. The molecule has 11 rings (SSSR count). The lowest BCUT2D eigenvalue weighted by atomic mass is 9.46. The fourth-order valence-electron chi connectivity index (χ4n) is 15.5. The van der Waals surface area contributed by atoms with Crippen LogP contribution in [0.3, 0.4) is 0 Å². The summed E-state index contributed by atoms with van der Waals surface area (Å²) in [5.41, 5.74) is 0.241. The molecule has 0 unspecified atom stereocenters. The van der Waals surface area contributed by atoms with Gasteiger partial charge in [0, 0.05) is 50.3 Å².